The maximum Gasteiger partial charge on any atom is 0.336 e. The van der Waals surface area contributed by atoms with E-state index in [2.05, 4.69) is 17.2 Å². The Bertz CT molecular complexity index is 499. The second-order valence-corrected chi connectivity index (χ2v) is 4.08. The van der Waals surface area contributed by atoms with Crippen molar-refractivity contribution in [1.82, 2.24) is 10.6 Å². The lowest BCUT2D eigenvalue weighted by atomic mass is 10.1. The first kappa shape index (κ1) is 12.3. The first-order chi connectivity index (χ1) is 8.63. The van der Waals surface area contributed by atoms with Gasteiger partial charge in [0.05, 0.1) is 11.6 Å². The van der Waals surface area contributed by atoms with Gasteiger partial charge in [-0.25, -0.2) is 4.79 Å². The van der Waals surface area contributed by atoms with Crippen molar-refractivity contribution < 1.29 is 14.7 Å². The standard InChI is InChI=1S/C13H14N2O3/c1-2-5-10-12(16)15-11(14-10)8-6-3-4-7-9(8)13(17)18/h2-4,6-7,10-11,14H,1,5H2,(H,15,16)(H,17,18). The van der Waals surface area contributed by atoms with Gasteiger partial charge in [0.15, 0.2) is 0 Å². The minimum absolute atomic E-state index is 0.139. The molecule has 2 atom stereocenters. The minimum Gasteiger partial charge on any atom is -0.478 e. The Morgan fingerprint density at radius 2 is 2.17 bits per heavy atom. The Morgan fingerprint density at radius 3 is 2.83 bits per heavy atom. The zero-order valence-electron chi connectivity index (χ0n) is 9.72. The summed E-state index contributed by atoms with van der Waals surface area (Å²) in [5, 5.41) is 14.9. The van der Waals surface area contributed by atoms with Crippen LogP contribution in [0.15, 0.2) is 36.9 Å². The first-order valence-corrected chi connectivity index (χ1v) is 5.63. The molecule has 1 saturated heterocycles. The Kier molecular flexibility index (Phi) is 3.43. The summed E-state index contributed by atoms with van der Waals surface area (Å²) in [6.45, 7) is 3.59. The molecule has 3 N–H and O–H groups in total. The molecule has 0 aliphatic carbocycles. The van der Waals surface area contributed by atoms with Crippen LogP contribution in [-0.2, 0) is 4.79 Å². The number of nitrogens with one attached hydrogen (secondary N) is 2. The Morgan fingerprint density at radius 1 is 1.44 bits per heavy atom. The fourth-order valence-corrected chi connectivity index (χ4v) is 2.01. The number of carboxylic acids is 1. The number of carbonyl (C=O) groups excluding carboxylic acids is 1. The minimum atomic E-state index is -1.01. The maximum absolute atomic E-state index is 11.7. The van der Waals surface area contributed by atoms with Crippen LogP contribution in [0.25, 0.3) is 0 Å². The molecule has 1 aromatic rings. The van der Waals surface area contributed by atoms with Gasteiger partial charge in [0.25, 0.3) is 0 Å². The highest BCUT2D eigenvalue weighted by atomic mass is 16.4. The number of hydrogen-bond donors (Lipinski definition) is 3. The van der Waals surface area contributed by atoms with Crippen LogP contribution < -0.4 is 10.6 Å². The molecule has 1 heterocycles. The molecule has 0 bridgehead atoms. The van der Waals surface area contributed by atoms with Crippen molar-refractivity contribution in [2.45, 2.75) is 18.6 Å². The zero-order valence-corrected chi connectivity index (χ0v) is 9.72. The molecule has 5 heteroatoms. The summed E-state index contributed by atoms with van der Waals surface area (Å²) in [5.74, 6) is -1.14. The molecule has 2 unspecified atom stereocenters. The summed E-state index contributed by atoms with van der Waals surface area (Å²) in [6.07, 6.45) is 1.70. The smallest absolute Gasteiger partial charge is 0.336 e. The average molecular weight is 246 g/mol. The molecule has 0 aromatic heterocycles. The number of rotatable bonds is 4. The summed E-state index contributed by atoms with van der Waals surface area (Å²) in [6, 6.07) is 6.26. The van der Waals surface area contributed by atoms with E-state index in [1.807, 2.05) is 0 Å². The molecule has 2 rings (SSSR count). The quantitative estimate of drug-likeness (QED) is 0.694. The van der Waals surface area contributed by atoms with E-state index in [0.29, 0.717) is 12.0 Å². The fraction of sp³-hybridized carbons (Fsp3) is 0.231. The molecule has 18 heavy (non-hydrogen) atoms. The number of aromatic carboxylic acids is 1. The zero-order chi connectivity index (χ0) is 13.1. The molecule has 94 valence electrons. The van der Waals surface area contributed by atoms with E-state index in [-0.39, 0.29) is 17.5 Å². The highest BCUT2D eigenvalue weighted by Gasteiger charge is 2.32. The maximum atomic E-state index is 11.7. The normalized spacial score (nSPS) is 22.6. The summed E-state index contributed by atoms with van der Waals surface area (Å²) < 4.78 is 0. The molecule has 1 aliphatic heterocycles. The highest BCUT2D eigenvalue weighted by molar-refractivity contribution is 5.90. The summed E-state index contributed by atoms with van der Waals surface area (Å²) >= 11 is 0. The van der Waals surface area contributed by atoms with Gasteiger partial charge >= 0.3 is 5.97 Å². The molecule has 5 nitrogen and oxygen atoms in total. The fourth-order valence-electron chi connectivity index (χ4n) is 2.01. The van der Waals surface area contributed by atoms with Crippen molar-refractivity contribution in [2.24, 2.45) is 0 Å². The van der Waals surface area contributed by atoms with E-state index in [1.54, 1.807) is 24.3 Å². The molecule has 1 fully saturated rings. The molecular weight excluding hydrogens is 232 g/mol. The number of carbonyl (C=O) groups is 2. The van der Waals surface area contributed by atoms with Crippen LogP contribution in [0, 0.1) is 0 Å². The summed E-state index contributed by atoms with van der Waals surface area (Å²) in [4.78, 5) is 22.8. The van der Waals surface area contributed by atoms with E-state index < -0.39 is 12.1 Å². The van der Waals surface area contributed by atoms with Crippen molar-refractivity contribution in [3.8, 4) is 0 Å². The molecule has 0 saturated carbocycles. The van der Waals surface area contributed by atoms with Crippen LogP contribution >= 0.6 is 0 Å². The predicted octanol–water partition coefficient (Wildman–Crippen LogP) is 1.05. The summed E-state index contributed by atoms with van der Waals surface area (Å²) in [5.41, 5.74) is 0.750. The van der Waals surface area contributed by atoms with E-state index in [0.717, 1.165) is 0 Å². The van der Waals surface area contributed by atoms with Crippen LogP contribution in [0.5, 0.6) is 0 Å². The SMILES string of the molecule is C=CCC1NC(c2ccccc2C(=O)O)NC1=O. The van der Waals surface area contributed by atoms with E-state index in [4.69, 9.17) is 5.11 Å². The third-order valence-corrected chi connectivity index (χ3v) is 2.88. The number of amides is 1. The van der Waals surface area contributed by atoms with Gasteiger partial charge < -0.3 is 10.4 Å². The van der Waals surface area contributed by atoms with Crippen LogP contribution in [0.4, 0.5) is 0 Å². The van der Waals surface area contributed by atoms with Gasteiger partial charge in [-0.2, -0.15) is 0 Å². The topological polar surface area (TPSA) is 78.4 Å². The van der Waals surface area contributed by atoms with Gasteiger partial charge in [0, 0.05) is 5.56 Å². The third kappa shape index (κ3) is 2.26. The molecule has 1 amide bonds. The van der Waals surface area contributed by atoms with E-state index in [9.17, 15) is 9.59 Å². The molecule has 1 aromatic carbocycles. The Balaban J connectivity index is 2.26. The molecule has 0 spiro atoms. The Hall–Kier alpha value is -2.14. The largest absolute Gasteiger partial charge is 0.478 e. The number of benzene rings is 1. The van der Waals surface area contributed by atoms with Crippen molar-refractivity contribution in [3.63, 3.8) is 0 Å². The molecule has 0 radical (unpaired) electrons. The van der Waals surface area contributed by atoms with Crippen molar-refractivity contribution in [1.29, 1.82) is 0 Å². The predicted molar refractivity (Wildman–Crippen MR) is 66.0 cm³/mol. The monoisotopic (exact) mass is 246 g/mol. The van der Waals surface area contributed by atoms with Crippen LogP contribution in [0.2, 0.25) is 0 Å². The van der Waals surface area contributed by atoms with Crippen molar-refractivity contribution >= 4 is 11.9 Å². The lowest BCUT2D eigenvalue weighted by molar-refractivity contribution is -0.120. The lowest BCUT2D eigenvalue weighted by Gasteiger charge is -2.14. The number of hydrogen-bond acceptors (Lipinski definition) is 3. The second kappa shape index (κ2) is 5.01. The van der Waals surface area contributed by atoms with Gasteiger partial charge in [0.1, 0.15) is 6.17 Å². The van der Waals surface area contributed by atoms with Gasteiger partial charge in [-0.1, -0.05) is 24.3 Å². The highest BCUT2D eigenvalue weighted by Crippen LogP contribution is 2.21. The Labute approximate surface area is 105 Å². The van der Waals surface area contributed by atoms with Gasteiger partial charge in [-0.15, -0.1) is 6.58 Å². The summed E-state index contributed by atoms with van der Waals surface area (Å²) in [7, 11) is 0. The van der Waals surface area contributed by atoms with Gasteiger partial charge in [0.2, 0.25) is 5.91 Å². The van der Waals surface area contributed by atoms with Gasteiger partial charge in [-0.3, -0.25) is 10.1 Å². The van der Waals surface area contributed by atoms with E-state index in [1.165, 1.54) is 6.07 Å². The lowest BCUT2D eigenvalue weighted by Crippen LogP contribution is -2.28. The number of carboxylic acid groups (broad SMARTS) is 1. The van der Waals surface area contributed by atoms with Crippen molar-refractivity contribution in [3.05, 3.63) is 48.0 Å². The molecule has 1 aliphatic rings. The molecular formula is C13H14N2O3. The first-order valence-electron chi connectivity index (χ1n) is 5.63. The van der Waals surface area contributed by atoms with Crippen molar-refractivity contribution in [2.75, 3.05) is 0 Å². The van der Waals surface area contributed by atoms with Crippen LogP contribution in [-0.4, -0.2) is 23.0 Å². The van der Waals surface area contributed by atoms with Gasteiger partial charge in [-0.05, 0) is 12.5 Å². The van der Waals surface area contributed by atoms with Crippen LogP contribution in [0.1, 0.15) is 28.5 Å². The average Bonchev–Trinajstić information content (AvgIpc) is 2.71. The van der Waals surface area contributed by atoms with E-state index >= 15 is 0 Å². The second-order valence-electron chi connectivity index (χ2n) is 4.08. The third-order valence-electron chi connectivity index (χ3n) is 2.88. The van der Waals surface area contributed by atoms with Crippen LogP contribution in [0.3, 0.4) is 0 Å².